The molecule has 11 nitrogen and oxygen atoms in total. The van der Waals surface area contributed by atoms with Crippen molar-refractivity contribution in [1.29, 1.82) is 0 Å². The number of pyridine rings is 1. The fraction of sp³-hybridized carbons (Fsp3) is 0.240. The van der Waals surface area contributed by atoms with Crippen molar-refractivity contribution in [2.75, 3.05) is 13.7 Å². The summed E-state index contributed by atoms with van der Waals surface area (Å²) in [6, 6.07) is 9.70. The topological polar surface area (TPSA) is 140 Å². The van der Waals surface area contributed by atoms with Gasteiger partial charge in [-0.05, 0) is 43.7 Å². The van der Waals surface area contributed by atoms with Crippen molar-refractivity contribution < 1.29 is 28.1 Å². The number of benzene rings is 1. The Hall–Kier alpha value is -4.67. The second kappa shape index (κ2) is 7.67. The number of hydrogen-bond acceptors (Lipinski definition) is 8. The number of amides is 4. The van der Waals surface area contributed by atoms with E-state index < -0.39 is 17.5 Å². The van der Waals surface area contributed by atoms with Gasteiger partial charge < -0.3 is 23.9 Å². The van der Waals surface area contributed by atoms with Crippen LogP contribution in [0, 0.1) is 13.8 Å². The predicted octanol–water partition coefficient (Wildman–Crippen LogP) is 2.80. The maximum atomic E-state index is 13.2. The van der Waals surface area contributed by atoms with Crippen LogP contribution in [0.1, 0.15) is 33.1 Å². The molecule has 11 heteroatoms. The summed E-state index contributed by atoms with van der Waals surface area (Å²) in [5, 5.41) is 8.94. The van der Waals surface area contributed by atoms with Crippen LogP contribution in [0.5, 0.6) is 5.75 Å². The second-order valence-corrected chi connectivity index (χ2v) is 8.89. The summed E-state index contributed by atoms with van der Waals surface area (Å²) in [6.45, 7) is 3.78. The van der Waals surface area contributed by atoms with Gasteiger partial charge >= 0.3 is 6.03 Å². The summed E-state index contributed by atoms with van der Waals surface area (Å²) in [5.74, 6) is 0.477. The predicted molar refractivity (Wildman–Crippen MR) is 125 cm³/mol. The number of nitrogens with zero attached hydrogens (tertiary/aromatic N) is 3. The normalized spacial score (nSPS) is 19.1. The Bertz CT molecular complexity index is 1570. The summed E-state index contributed by atoms with van der Waals surface area (Å²) >= 11 is 0. The van der Waals surface area contributed by atoms with E-state index in [1.54, 1.807) is 37.3 Å². The third kappa shape index (κ3) is 3.16. The van der Waals surface area contributed by atoms with Crippen molar-refractivity contribution in [3.05, 3.63) is 64.7 Å². The molecule has 1 aromatic carbocycles. The Morgan fingerprint density at radius 3 is 2.67 bits per heavy atom. The molecule has 0 saturated carbocycles. The molecule has 2 N–H and O–H groups in total. The zero-order valence-electron chi connectivity index (χ0n) is 19.7. The minimum absolute atomic E-state index is 0.128. The highest BCUT2D eigenvalue weighted by Crippen LogP contribution is 2.35. The SMILES string of the molecule is COc1ccc2c(c1)C(=O)N(CC1(c3cc4nc(-c5c(C)noc5C)ccc4o3)NC(=O)NC1=O)C2. The van der Waals surface area contributed by atoms with E-state index in [0.717, 1.165) is 11.1 Å². The molecule has 1 atom stereocenters. The summed E-state index contributed by atoms with van der Waals surface area (Å²) in [5.41, 5.74) is 2.69. The summed E-state index contributed by atoms with van der Waals surface area (Å²) in [4.78, 5) is 44.8. The highest BCUT2D eigenvalue weighted by molar-refractivity contribution is 6.08. The summed E-state index contributed by atoms with van der Waals surface area (Å²) in [6.07, 6.45) is 0. The molecule has 3 aromatic heterocycles. The van der Waals surface area contributed by atoms with Crippen LogP contribution in [0.25, 0.3) is 22.4 Å². The number of aryl methyl sites for hydroxylation is 2. The smallest absolute Gasteiger partial charge is 0.322 e. The highest BCUT2D eigenvalue weighted by Gasteiger charge is 2.53. The molecule has 2 aliphatic rings. The first-order valence-electron chi connectivity index (χ1n) is 11.2. The molecule has 5 heterocycles. The monoisotopic (exact) mass is 487 g/mol. The molecule has 182 valence electrons. The van der Waals surface area contributed by atoms with Crippen LogP contribution in [0.15, 0.2) is 45.3 Å². The maximum Gasteiger partial charge on any atom is 0.322 e. The van der Waals surface area contributed by atoms with Crippen molar-refractivity contribution >= 4 is 28.9 Å². The Labute approximate surface area is 204 Å². The number of hydrogen-bond donors (Lipinski definition) is 2. The molecule has 1 saturated heterocycles. The third-order valence-electron chi connectivity index (χ3n) is 6.65. The number of carbonyl (C=O) groups is 3. The number of carbonyl (C=O) groups excluding carboxylic acids is 3. The Kier molecular flexibility index (Phi) is 4.65. The molecule has 4 aromatic rings. The maximum absolute atomic E-state index is 13.2. The molecule has 0 bridgehead atoms. The number of nitrogens with one attached hydrogen (secondary N) is 2. The average Bonchev–Trinajstić information content (AvgIpc) is 3.59. The van der Waals surface area contributed by atoms with E-state index in [2.05, 4.69) is 20.8 Å². The molecule has 2 aliphatic heterocycles. The molecule has 1 unspecified atom stereocenters. The summed E-state index contributed by atoms with van der Waals surface area (Å²) in [7, 11) is 1.53. The van der Waals surface area contributed by atoms with Crippen molar-refractivity contribution in [3.8, 4) is 17.0 Å². The lowest BCUT2D eigenvalue weighted by molar-refractivity contribution is -0.125. The van der Waals surface area contributed by atoms with Crippen LogP contribution in [0.2, 0.25) is 0 Å². The number of methoxy groups -OCH3 is 1. The van der Waals surface area contributed by atoms with Crippen molar-refractivity contribution in [3.63, 3.8) is 0 Å². The minimum Gasteiger partial charge on any atom is -0.497 e. The standard InChI is InChI=1S/C25H21N5O6/c1-12-21(13(2)36-29-12)17-6-7-19-18(26-17)9-20(35-19)25(23(32)27-24(33)28-25)11-30-10-14-4-5-15(34-3)8-16(14)22(30)31/h4-9H,10-11H2,1-3H3,(H2,27,28,32,33). The number of rotatable bonds is 5. The minimum atomic E-state index is -1.62. The van der Waals surface area contributed by atoms with Crippen molar-refractivity contribution in [2.45, 2.75) is 25.9 Å². The van der Waals surface area contributed by atoms with Gasteiger partial charge in [0.1, 0.15) is 22.8 Å². The number of urea groups is 1. The zero-order valence-corrected chi connectivity index (χ0v) is 19.7. The van der Waals surface area contributed by atoms with Gasteiger partial charge in [0.2, 0.25) is 0 Å². The lowest BCUT2D eigenvalue weighted by Gasteiger charge is -2.28. The number of furan rings is 1. The molecule has 36 heavy (non-hydrogen) atoms. The van der Waals surface area contributed by atoms with Crippen LogP contribution in [-0.2, 0) is 16.9 Å². The number of ether oxygens (including phenoxy) is 1. The van der Waals surface area contributed by atoms with Gasteiger partial charge in [-0.2, -0.15) is 0 Å². The first-order chi connectivity index (χ1) is 17.3. The van der Waals surface area contributed by atoms with E-state index in [4.69, 9.17) is 13.7 Å². The van der Waals surface area contributed by atoms with Crippen LogP contribution in [-0.4, -0.2) is 46.5 Å². The number of fused-ring (bicyclic) bond motifs is 2. The van der Waals surface area contributed by atoms with E-state index in [1.165, 1.54) is 12.0 Å². The Balaban J connectivity index is 1.40. The van der Waals surface area contributed by atoms with Crippen LogP contribution >= 0.6 is 0 Å². The van der Waals surface area contributed by atoms with Gasteiger partial charge in [0.05, 0.1) is 30.6 Å². The van der Waals surface area contributed by atoms with Gasteiger partial charge in [0.15, 0.2) is 11.1 Å². The van der Waals surface area contributed by atoms with Gasteiger partial charge in [-0.15, -0.1) is 0 Å². The molecule has 0 spiro atoms. The van der Waals surface area contributed by atoms with E-state index in [-0.39, 0.29) is 24.8 Å². The molecule has 0 aliphatic carbocycles. The van der Waals surface area contributed by atoms with Crippen molar-refractivity contribution in [1.82, 2.24) is 25.7 Å². The zero-order chi connectivity index (χ0) is 25.2. The lowest BCUT2D eigenvalue weighted by Crippen LogP contribution is -2.52. The Morgan fingerprint density at radius 1 is 1.14 bits per heavy atom. The van der Waals surface area contributed by atoms with Gasteiger partial charge in [0.25, 0.3) is 11.8 Å². The van der Waals surface area contributed by atoms with Crippen LogP contribution < -0.4 is 15.4 Å². The van der Waals surface area contributed by atoms with E-state index in [1.807, 2.05) is 13.0 Å². The number of imide groups is 1. The lowest BCUT2D eigenvalue weighted by atomic mass is 9.95. The van der Waals surface area contributed by atoms with E-state index >= 15 is 0 Å². The molecular weight excluding hydrogens is 466 g/mol. The fourth-order valence-electron chi connectivity index (χ4n) is 4.86. The molecule has 6 rings (SSSR count). The number of aromatic nitrogens is 2. The summed E-state index contributed by atoms with van der Waals surface area (Å²) < 4.78 is 16.5. The fourth-order valence-corrected chi connectivity index (χ4v) is 4.86. The van der Waals surface area contributed by atoms with E-state index in [9.17, 15) is 14.4 Å². The van der Waals surface area contributed by atoms with Gasteiger partial charge in [-0.25, -0.2) is 9.78 Å². The molecule has 1 fully saturated rings. The van der Waals surface area contributed by atoms with Gasteiger partial charge in [0, 0.05) is 18.2 Å². The highest BCUT2D eigenvalue weighted by atomic mass is 16.5. The molecular formula is C25H21N5O6. The quantitative estimate of drug-likeness (QED) is 0.410. The largest absolute Gasteiger partial charge is 0.497 e. The average molecular weight is 487 g/mol. The van der Waals surface area contributed by atoms with Crippen LogP contribution in [0.3, 0.4) is 0 Å². The second-order valence-electron chi connectivity index (χ2n) is 8.89. The van der Waals surface area contributed by atoms with E-state index in [0.29, 0.717) is 39.6 Å². The van der Waals surface area contributed by atoms with Gasteiger partial charge in [-0.3, -0.25) is 14.9 Å². The van der Waals surface area contributed by atoms with Crippen molar-refractivity contribution in [2.24, 2.45) is 0 Å². The first-order valence-corrected chi connectivity index (χ1v) is 11.2. The Morgan fingerprint density at radius 2 is 1.97 bits per heavy atom. The molecule has 0 radical (unpaired) electrons. The van der Waals surface area contributed by atoms with Gasteiger partial charge in [-0.1, -0.05) is 11.2 Å². The van der Waals surface area contributed by atoms with Crippen LogP contribution in [0.4, 0.5) is 4.79 Å². The first kappa shape index (κ1) is 21.8. The molecule has 4 amide bonds. The third-order valence-corrected chi connectivity index (χ3v) is 6.65.